The van der Waals surface area contributed by atoms with Crippen molar-refractivity contribution >= 4 is 27.4 Å². The van der Waals surface area contributed by atoms with Gasteiger partial charge in [0.1, 0.15) is 0 Å². The summed E-state index contributed by atoms with van der Waals surface area (Å²) in [6.45, 7) is 2.20. The van der Waals surface area contributed by atoms with E-state index in [2.05, 4.69) is 34.3 Å². The highest BCUT2D eigenvalue weighted by Gasteiger charge is 2.37. The number of aromatic nitrogens is 3. The molecule has 33 heavy (non-hydrogen) atoms. The third kappa shape index (κ3) is 3.61. The van der Waals surface area contributed by atoms with E-state index in [0.29, 0.717) is 11.0 Å². The van der Waals surface area contributed by atoms with Gasteiger partial charge >= 0.3 is 0 Å². The number of fused-ring (bicyclic) bond motifs is 1. The number of thiazole rings is 1. The second kappa shape index (κ2) is 8.00. The van der Waals surface area contributed by atoms with Crippen LogP contribution in [-0.2, 0) is 7.05 Å². The molecule has 2 aromatic carbocycles. The zero-order valence-electron chi connectivity index (χ0n) is 18.9. The Morgan fingerprint density at radius 1 is 0.970 bits per heavy atom. The summed E-state index contributed by atoms with van der Waals surface area (Å²) in [5, 5.41) is 15.9. The van der Waals surface area contributed by atoms with Gasteiger partial charge in [0.25, 0.3) is 0 Å². The van der Waals surface area contributed by atoms with E-state index < -0.39 is 0 Å². The fourth-order valence-electron chi connectivity index (χ4n) is 5.64. The van der Waals surface area contributed by atoms with Crippen molar-refractivity contribution in [1.29, 1.82) is 5.26 Å². The normalized spacial score (nSPS) is 17.6. The topological polar surface area (TPSA) is 57.7 Å². The molecule has 1 aliphatic heterocycles. The van der Waals surface area contributed by atoms with Gasteiger partial charge in [0, 0.05) is 31.1 Å². The summed E-state index contributed by atoms with van der Waals surface area (Å²) >= 11 is 1.79. The number of nitrogens with zero attached hydrogens (tertiary/aromatic N) is 5. The first kappa shape index (κ1) is 20.4. The highest BCUT2D eigenvalue weighted by Crippen LogP contribution is 2.48. The molecule has 0 amide bonds. The van der Waals surface area contributed by atoms with Gasteiger partial charge in [0.05, 0.1) is 33.9 Å². The first-order chi connectivity index (χ1) is 16.1. The van der Waals surface area contributed by atoms with E-state index in [-0.39, 0.29) is 0 Å². The van der Waals surface area contributed by atoms with E-state index >= 15 is 0 Å². The van der Waals surface area contributed by atoms with E-state index in [4.69, 9.17) is 4.98 Å². The van der Waals surface area contributed by atoms with Crippen molar-refractivity contribution < 1.29 is 0 Å². The van der Waals surface area contributed by atoms with Crippen molar-refractivity contribution in [2.24, 2.45) is 12.5 Å². The van der Waals surface area contributed by atoms with Crippen LogP contribution in [0.4, 0.5) is 5.13 Å². The Hall–Kier alpha value is -3.17. The van der Waals surface area contributed by atoms with Crippen LogP contribution in [-0.4, -0.2) is 27.9 Å². The number of hydrogen-bond donors (Lipinski definition) is 0. The summed E-state index contributed by atoms with van der Waals surface area (Å²) in [7, 11) is 1.97. The number of rotatable bonds is 3. The number of aryl methyl sites for hydroxylation is 1. The molecule has 0 N–H and O–H groups in total. The van der Waals surface area contributed by atoms with Crippen molar-refractivity contribution in [1.82, 2.24) is 14.8 Å². The van der Waals surface area contributed by atoms with Gasteiger partial charge in [-0.15, -0.1) is 0 Å². The van der Waals surface area contributed by atoms with Gasteiger partial charge in [-0.3, -0.25) is 4.68 Å². The van der Waals surface area contributed by atoms with E-state index in [0.717, 1.165) is 40.4 Å². The van der Waals surface area contributed by atoms with Crippen molar-refractivity contribution in [3.63, 3.8) is 0 Å². The summed E-state index contributed by atoms with van der Waals surface area (Å²) in [5.74, 6) is 0. The van der Waals surface area contributed by atoms with Crippen LogP contribution in [0.25, 0.3) is 32.6 Å². The monoisotopic (exact) mass is 453 g/mol. The van der Waals surface area contributed by atoms with Crippen molar-refractivity contribution in [2.45, 2.75) is 38.5 Å². The Morgan fingerprint density at radius 3 is 2.42 bits per heavy atom. The Labute approximate surface area is 198 Å². The first-order valence-electron chi connectivity index (χ1n) is 11.8. The second-order valence-corrected chi connectivity index (χ2v) is 10.6. The molecule has 1 saturated heterocycles. The summed E-state index contributed by atoms with van der Waals surface area (Å²) in [6, 6.07) is 16.6. The van der Waals surface area contributed by atoms with Crippen molar-refractivity contribution in [3.8, 4) is 27.8 Å². The fraction of sp³-hybridized carbons (Fsp3) is 0.370. The summed E-state index contributed by atoms with van der Waals surface area (Å²) in [5.41, 5.74) is 5.62. The average molecular weight is 454 g/mol. The zero-order valence-corrected chi connectivity index (χ0v) is 19.7. The van der Waals surface area contributed by atoms with Gasteiger partial charge in [0.2, 0.25) is 0 Å². The van der Waals surface area contributed by atoms with Crippen LogP contribution in [0.3, 0.4) is 0 Å². The number of nitriles is 1. The maximum atomic E-state index is 9.22. The SMILES string of the molecule is Cn1ncc2cc(-c3sc(N4CCC5(CCCC5)CC4)nc3-c3ccc(C#N)cc3)ccc21. The summed E-state index contributed by atoms with van der Waals surface area (Å²) in [6.07, 6.45) is 10.1. The van der Waals surface area contributed by atoms with Crippen LogP contribution in [0, 0.1) is 16.7 Å². The molecule has 2 aliphatic rings. The molecule has 1 spiro atoms. The largest absolute Gasteiger partial charge is 0.348 e. The van der Waals surface area contributed by atoms with Gasteiger partial charge in [-0.05, 0) is 60.9 Å². The highest BCUT2D eigenvalue weighted by molar-refractivity contribution is 7.19. The van der Waals surface area contributed by atoms with E-state index in [1.54, 1.807) is 11.3 Å². The third-order valence-electron chi connectivity index (χ3n) is 7.67. The molecular formula is C27H27N5S. The third-order valence-corrected chi connectivity index (χ3v) is 8.84. The molecule has 3 heterocycles. The van der Waals surface area contributed by atoms with E-state index in [1.165, 1.54) is 49.0 Å². The average Bonchev–Trinajstić information content (AvgIpc) is 3.59. The predicted octanol–water partition coefficient (Wildman–Crippen LogP) is 6.40. The molecule has 0 atom stereocenters. The smallest absolute Gasteiger partial charge is 0.186 e. The van der Waals surface area contributed by atoms with Gasteiger partial charge in [0.15, 0.2) is 5.13 Å². The van der Waals surface area contributed by atoms with Gasteiger partial charge in [-0.1, -0.05) is 42.4 Å². The lowest BCUT2D eigenvalue weighted by Crippen LogP contribution is -2.38. The molecule has 5 nitrogen and oxygen atoms in total. The van der Waals surface area contributed by atoms with Gasteiger partial charge in [-0.2, -0.15) is 10.4 Å². The predicted molar refractivity (Wildman–Crippen MR) is 134 cm³/mol. The van der Waals surface area contributed by atoms with Crippen LogP contribution in [0.5, 0.6) is 0 Å². The van der Waals surface area contributed by atoms with Crippen molar-refractivity contribution in [2.75, 3.05) is 18.0 Å². The molecule has 166 valence electrons. The van der Waals surface area contributed by atoms with Crippen LogP contribution in [0.15, 0.2) is 48.7 Å². The first-order valence-corrected chi connectivity index (χ1v) is 12.6. The second-order valence-electron chi connectivity index (χ2n) is 9.60. The quantitative estimate of drug-likeness (QED) is 0.360. The molecule has 6 rings (SSSR count). The lowest BCUT2D eigenvalue weighted by atomic mass is 9.77. The highest BCUT2D eigenvalue weighted by atomic mass is 32.1. The minimum absolute atomic E-state index is 0.595. The molecule has 0 radical (unpaired) electrons. The molecule has 1 aliphatic carbocycles. The number of piperidine rings is 1. The number of benzene rings is 2. The summed E-state index contributed by atoms with van der Waals surface area (Å²) < 4.78 is 1.91. The molecule has 0 bridgehead atoms. The Balaban J connectivity index is 1.40. The molecular weight excluding hydrogens is 426 g/mol. The maximum Gasteiger partial charge on any atom is 0.186 e. The molecule has 2 aromatic heterocycles. The van der Waals surface area contributed by atoms with Crippen LogP contribution < -0.4 is 4.90 Å². The van der Waals surface area contributed by atoms with Crippen LogP contribution >= 0.6 is 11.3 Å². The lowest BCUT2D eigenvalue weighted by Gasteiger charge is -2.39. The molecule has 2 fully saturated rings. The van der Waals surface area contributed by atoms with E-state index in [1.807, 2.05) is 42.2 Å². The number of anilines is 1. The zero-order chi connectivity index (χ0) is 22.4. The Kier molecular flexibility index (Phi) is 4.95. The van der Waals surface area contributed by atoms with Crippen LogP contribution in [0.1, 0.15) is 44.1 Å². The minimum Gasteiger partial charge on any atom is -0.348 e. The Morgan fingerprint density at radius 2 is 1.70 bits per heavy atom. The van der Waals surface area contributed by atoms with Gasteiger partial charge < -0.3 is 4.90 Å². The maximum absolute atomic E-state index is 9.22. The van der Waals surface area contributed by atoms with E-state index in [9.17, 15) is 5.26 Å². The molecule has 6 heteroatoms. The summed E-state index contributed by atoms with van der Waals surface area (Å²) in [4.78, 5) is 8.85. The van der Waals surface area contributed by atoms with Crippen molar-refractivity contribution in [3.05, 3.63) is 54.2 Å². The van der Waals surface area contributed by atoms with Gasteiger partial charge in [-0.25, -0.2) is 4.98 Å². The molecule has 0 unspecified atom stereocenters. The molecule has 4 aromatic rings. The fourth-order valence-corrected chi connectivity index (χ4v) is 6.78. The van der Waals surface area contributed by atoms with Crippen LogP contribution in [0.2, 0.25) is 0 Å². The lowest BCUT2D eigenvalue weighted by molar-refractivity contribution is 0.226. The Bertz CT molecular complexity index is 1340. The molecule has 1 saturated carbocycles. The minimum atomic E-state index is 0.595. The number of hydrogen-bond acceptors (Lipinski definition) is 5. The standard InChI is InChI=1S/C27H27N5S/c1-31-23-9-8-21(16-22(23)18-29-31)25-24(20-6-4-19(17-28)5-7-20)30-26(33-25)32-14-12-27(13-15-32)10-2-3-11-27/h4-9,16,18H,2-3,10-15H2,1H3.